The van der Waals surface area contributed by atoms with Crippen LogP contribution in [-0.2, 0) is 0 Å². The molecule has 6 rings (SSSR count). The van der Waals surface area contributed by atoms with Crippen LogP contribution in [0.4, 0.5) is 0 Å². The topological polar surface area (TPSA) is 39.4 Å². The molecule has 3 heteroatoms. The molecule has 0 atom stereocenters. The van der Waals surface area contributed by atoms with Crippen LogP contribution in [0.1, 0.15) is 0 Å². The summed E-state index contributed by atoms with van der Waals surface area (Å²) < 4.78 is 17.9. The molecule has 6 aromatic rings. The Hall–Kier alpha value is -3.20. The van der Waals surface area contributed by atoms with Crippen LogP contribution in [0.5, 0.6) is 0 Å². The van der Waals surface area contributed by atoms with Crippen molar-refractivity contribution in [3.05, 3.63) is 60.7 Å². The molecule has 0 aliphatic carbocycles. The van der Waals surface area contributed by atoms with Gasteiger partial charge < -0.3 is 13.3 Å². The van der Waals surface area contributed by atoms with E-state index in [9.17, 15) is 0 Å². The maximum atomic E-state index is 6.09. The van der Waals surface area contributed by atoms with Crippen molar-refractivity contribution in [3.63, 3.8) is 0 Å². The van der Waals surface area contributed by atoms with Gasteiger partial charge >= 0.3 is 0 Å². The molecule has 108 valence electrons. The average molecular weight is 298 g/mol. The monoisotopic (exact) mass is 298 g/mol. The van der Waals surface area contributed by atoms with Crippen LogP contribution in [0.2, 0.25) is 0 Å². The fraction of sp³-hybridized carbons (Fsp3) is 0. The minimum atomic E-state index is 0.569. The van der Waals surface area contributed by atoms with E-state index in [4.69, 9.17) is 13.3 Å². The number of hydrogen-bond acceptors (Lipinski definition) is 3. The van der Waals surface area contributed by atoms with Crippen LogP contribution < -0.4 is 0 Å². The van der Waals surface area contributed by atoms with Crippen molar-refractivity contribution < 1.29 is 13.3 Å². The van der Waals surface area contributed by atoms with Gasteiger partial charge in [-0.2, -0.15) is 0 Å². The van der Waals surface area contributed by atoms with Crippen LogP contribution in [0.15, 0.2) is 73.9 Å². The molecule has 0 aliphatic heterocycles. The molecule has 3 nitrogen and oxygen atoms in total. The lowest BCUT2D eigenvalue weighted by atomic mass is 10.1. The highest BCUT2D eigenvalue weighted by Gasteiger charge is 2.19. The summed E-state index contributed by atoms with van der Waals surface area (Å²) in [6.45, 7) is 0. The summed E-state index contributed by atoms with van der Waals surface area (Å²) in [6.07, 6.45) is 0. The standard InChI is InChI=1S/C20H10O3/c1-4-8-15-11(5-1)17-13-9-10-16-18(19(13)23-20(17)22-15)12-6-2-3-7-14(12)21-16/h1-10H. The fourth-order valence-corrected chi connectivity index (χ4v) is 3.53. The van der Waals surface area contributed by atoms with Gasteiger partial charge in [0.1, 0.15) is 16.7 Å². The summed E-state index contributed by atoms with van der Waals surface area (Å²) in [5.74, 6) is 0.569. The lowest BCUT2D eigenvalue weighted by Gasteiger charge is -1.93. The summed E-state index contributed by atoms with van der Waals surface area (Å²) in [4.78, 5) is 0. The first-order valence-electron chi connectivity index (χ1n) is 7.54. The molecule has 0 aliphatic rings. The lowest BCUT2D eigenvalue weighted by molar-refractivity contribution is 0.526. The van der Waals surface area contributed by atoms with Gasteiger partial charge in [0, 0.05) is 16.2 Å². The van der Waals surface area contributed by atoms with Crippen LogP contribution in [-0.4, -0.2) is 0 Å². The fourth-order valence-electron chi connectivity index (χ4n) is 3.53. The molecule has 3 heterocycles. The van der Waals surface area contributed by atoms with Crippen molar-refractivity contribution in [2.75, 3.05) is 0 Å². The molecular weight excluding hydrogens is 288 g/mol. The van der Waals surface area contributed by atoms with Crippen LogP contribution >= 0.6 is 0 Å². The van der Waals surface area contributed by atoms with E-state index in [1.54, 1.807) is 0 Å². The zero-order valence-corrected chi connectivity index (χ0v) is 12.0. The van der Waals surface area contributed by atoms with Gasteiger partial charge in [-0.25, -0.2) is 0 Å². The van der Waals surface area contributed by atoms with E-state index in [1.807, 2.05) is 48.5 Å². The van der Waals surface area contributed by atoms with Crippen molar-refractivity contribution in [1.82, 2.24) is 0 Å². The Labute approximate surface area is 129 Å². The third-order valence-corrected chi connectivity index (χ3v) is 4.52. The van der Waals surface area contributed by atoms with Crippen molar-refractivity contribution in [3.8, 4) is 0 Å². The molecule has 0 N–H and O–H groups in total. The normalized spacial score (nSPS) is 12.3. The zero-order chi connectivity index (χ0) is 15.0. The molecule has 0 amide bonds. The molecule has 23 heavy (non-hydrogen) atoms. The Morgan fingerprint density at radius 2 is 1.17 bits per heavy atom. The predicted octanol–water partition coefficient (Wildman–Crippen LogP) is 6.23. The third-order valence-electron chi connectivity index (χ3n) is 4.52. The van der Waals surface area contributed by atoms with Crippen molar-refractivity contribution >= 4 is 55.0 Å². The van der Waals surface area contributed by atoms with E-state index in [0.717, 1.165) is 49.3 Å². The highest BCUT2D eigenvalue weighted by Crippen LogP contribution is 2.42. The summed E-state index contributed by atoms with van der Waals surface area (Å²) in [7, 11) is 0. The van der Waals surface area contributed by atoms with Crippen LogP contribution in [0.3, 0.4) is 0 Å². The first-order valence-corrected chi connectivity index (χ1v) is 7.54. The molecule has 0 fully saturated rings. The third kappa shape index (κ3) is 1.30. The van der Waals surface area contributed by atoms with Gasteiger partial charge in [0.2, 0.25) is 0 Å². The lowest BCUT2D eigenvalue weighted by Crippen LogP contribution is -1.70. The van der Waals surface area contributed by atoms with Crippen molar-refractivity contribution in [1.29, 1.82) is 0 Å². The molecule has 0 saturated carbocycles. The highest BCUT2D eigenvalue weighted by atomic mass is 16.5. The molecule has 0 saturated heterocycles. The molecule has 3 aromatic carbocycles. The number of hydrogen-bond donors (Lipinski definition) is 0. The molecule has 0 bridgehead atoms. The van der Waals surface area contributed by atoms with E-state index in [0.29, 0.717) is 5.78 Å². The van der Waals surface area contributed by atoms with Gasteiger partial charge in [-0.15, -0.1) is 0 Å². The SMILES string of the molecule is c1ccc2c(c1)oc1oc3c(ccc4oc5ccccc5c43)c12. The van der Waals surface area contributed by atoms with E-state index < -0.39 is 0 Å². The number of rotatable bonds is 0. The summed E-state index contributed by atoms with van der Waals surface area (Å²) in [5, 5.41) is 5.24. The Kier molecular flexibility index (Phi) is 1.86. The van der Waals surface area contributed by atoms with E-state index in [1.165, 1.54) is 0 Å². The number of para-hydroxylation sites is 2. The summed E-state index contributed by atoms with van der Waals surface area (Å²) >= 11 is 0. The van der Waals surface area contributed by atoms with E-state index >= 15 is 0 Å². The largest absolute Gasteiger partial charge is 0.456 e. The van der Waals surface area contributed by atoms with Gasteiger partial charge in [-0.3, -0.25) is 0 Å². The smallest absolute Gasteiger partial charge is 0.299 e. The molecule has 0 radical (unpaired) electrons. The van der Waals surface area contributed by atoms with Crippen molar-refractivity contribution in [2.24, 2.45) is 0 Å². The number of fused-ring (bicyclic) bond motifs is 9. The second kappa shape index (κ2) is 3.76. The van der Waals surface area contributed by atoms with Crippen LogP contribution in [0.25, 0.3) is 55.0 Å². The predicted molar refractivity (Wildman–Crippen MR) is 90.8 cm³/mol. The first-order chi connectivity index (χ1) is 11.4. The summed E-state index contributed by atoms with van der Waals surface area (Å²) in [6, 6.07) is 20.1. The highest BCUT2D eigenvalue weighted by molar-refractivity contribution is 6.25. The van der Waals surface area contributed by atoms with Gasteiger partial charge in [-0.05, 0) is 24.3 Å². The second-order valence-corrected chi connectivity index (χ2v) is 5.78. The zero-order valence-electron chi connectivity index (χ0n) is 12.0. The second-order valence-electron chi connectivity index (χ2n) is 5.78. The minimum absolute atomic E-state index is 0.569. The van der Waals surface area contributed by atoms with Crippen molar-refractivity contribution in [2.45, 2.75) is 0 Å². The molecule has 0 spiro atoms. The maximum absolute atomic E-state index is 6.09. The van der Waals surface area contributed by atoms with E-state index in [-0.39, 0.29) is 0 Å². The molecule has 3 aromatic heterocycles. The molecular formula is C20H10O3. The molecule has 0 unspecified atom stereocenters. The maximum Gasteiger partial charge on any atom is 0.299 e. The number of furan rings is 3. The Morgan fingerprint density at radius 1 is 0.478 bits per heavy atom. The Morgan fingerprint density at radius 3 is 2.00 bits per heavy atom. The minimum Gasteiger partial charge on any atom is -0.456 e. The Bertz CT molecular complexity index is 1360. The van der Waals surface area contributed by atoms with Gasteiger partial charge in [0.15, 0.2) is 5.58 Å². The van der Waals surface area contributed by atoms with Gasteiger partial charge in [-0.1, -0.05) is 36.4 Å². The van der Waals surface area contributed by atoms with Gasteiger partial charge in [0.25, 0.3) is 5.78 Å². The van der Waals surface area contributed by atoms with Gasteiger partial charge in [0.05, 0.1) is 10.8 Å². The first kappa shape index (κ1) is 11.4. The van der Waals surface area contributed by atoms with E-state index in [2.05, 4.69) is 12.1 Å². The quantitative estimate of drug-likeness (QED) is 0.333. The summed E-state index contributed by atoms with van der Waals surface area (Å²) in [5.41, 5.74) is 3.37. The average Bonchev–Trinajstić information content (AvgIpc) is 3.22. The number of benzene rings is 3. The van der Waals surface area contributed by atoms with Crippen LogP contribution in [0, 0.1) is 0 Å². The Balaban J connectivity index is 1.93.